The lowest BCUT2D eigenvalue weighted by Crippen LogP contribution is -2.49. The smallest absolute Gasteiger partial charge is 0.236 e. The maximum Gasteiger partial charge on any atom is 0.236 e. The molecule has 0 spiro atoms. The summed E-state index contributed by atoms with van der Waals surface area (Å²) in [6.07, 6.45) is 0.690. The summed E-state index contributed by atoms with van der Waals surface area (Å²) in [5.41, 5.74) is 1.03. The van der Waals surface area contributed by atoms with Crippen molar-refractivity contribution in [2.24, 2.45) is 0 Å². The van der Waals surface area contributed by atoms with Crippen molar-refractivity contribution in [1.29, 1.82) is 0 Å². The number of carbonyl (C=O) groups is 1. The molecule has 0 N–H and O–H groups in total. The third kappa shape index (κ3) is 4.78. The lowest BCUT2D eigenvalue weighted by atomic mass is 10.1. The quantitative estimate of drug-likeness (QED) is 0.805. The second-order valence-electron chi connectivity index (χ2n) is 5.62. The largest absolute Gasteiger partial charge is 0.374 e. The summed E-state index contributed by atoms with van der Waals surface area (Å²) in [4.78, 5) is 16.4. The summed E-state index contributed by atoms with van der Waals surface area (Å²) in [5.74, 6) is -0.0690. The van der Waals surface area contributed by atoms with E-state index < -0.39 is 0 Å². The van der Waals surface area contributed by atoms with Crippen LogP contribution in [0.4, 0.5) is 4.39 Å². The molecule has 1 heterocycles. The van der Waals surface area contributed by atoms with Crippen LogP contribution in [0.3, 0.4) is 0 Å². The molecule has 0 aliphatic carbocycles. The van der Waals surface area contributed by atoms with Crippen LogP contribution in [0.15, 0.2) is 24.3 Å². The zero-order valence-electron chi connectivity index (χ0n) is 13.4. The Morgan fingerprint density at radius 3 is 2.64 bits per heavy atom. The Labute approximate surface area is 131 Å². The number of halogens is 1. The van der Waals surface area contributed by atoms with Crippen LogP contribution in [0.1, 0.15) is 19.4 Å². The minimum absolute atomic E-state index is 0.0140. The van der Waals surface area contributed by atoms with Crippen LogP contribution < -0.4 is 0 Å². The molecule has 0 bridgehead atoms. The Hall–Kier alpha value is -1.46. The maximum atomic E-state index is 12.9. The predicted molar refractivity (Wildman–Crippen MR) is 84.2 cm³/mol. The first-order chi connectivity index (χ1) is 10.6. The van der Waals surface area contributed by atoms with Crippen LogP contribution in [0.25, 0.3) is 0 Å². The van der Waals surface area contributed by atoms with Crippen molar-refractivity contribution in [3.63, 3.8) is 0 Å². The number of benzene rings is 1. The van der Waals surface area contributed by atoms with Gasteiger partial charge in [0.05, 0.1) is 19.3 Å². The maximum absolute atomic E-state index is 12.9. The van der Waals surface area contributed by atoms with Crippen molar-refractivity contribution >= 4 is 5.91 Å². The second-order valence-corrected chi connectivity index (χ2v) is 5.62. The molecule has 1 saturated heterocycles. The van der Waals surface area contributed by atoms with Gasteiger partial charge in [-0.2, -0.15) is 0 Å². The fraction of sp³-hybridized carbons (Fsp3) is 0.588. The molecule has 0 unspecified atom stereocenters. The summed E-state index contributed by atoms with van der Waals surface area (Å²) in [7, 11) is 0. The number of hydrogen-bond acceptors (Lipinski definition) is 3. The lowest BCUT2D eigenvalue weighted by Gasteiger charge is -2.34. The number of hydrogen-bond donors (Lipinski definition) is 0. The van der Waals surface area contributed by atoms with Gasteiger partial charge in [0.1, 0.15) is 5.82 Å². The molecule has 5 heteroatoms. The number of nitrogens with zero attached hydrogens (tertiary/aromatic N) is 2. The molecular formula is C17H25FN2O2. The molecule has 1 fully saturated rings. The van der Waals surface area contributed by atoms with Crippen molar-refractivity contribution in [3.8, 4) is 0 Å². The topological polar surface area (TPSA) is 32.8 Å². The van der Waals surface area contributed by atoms with E-state index in [1.54, 1.807) is 12.1 Å². The lowest BCUT2D eigenvalue weighted by molar-refractivity contribution is -0.139. The van der Waals surface area contributed by atoms with E-state index in [2.05, 4.69) is 18.7 Å². The van der Waals surface area contributed by atoms with Gasteiger partial charge in [-0.15, -0.1) is 0 Å². The monoisotopic (exact) mass is 308 g/mol. The molecule has 4 nitrogen and oxygen atoms in total. The van der Waals surface area contributed by atoms with Crippen LogP contribution in [0, 0.1) is 5.82 Å². The van der Waals surface area contributed by atoms with E-state index in [1.165, 1.54) is 12.1 Å². The fourth-order valence-electron chi connectivity index (χ4n) is 2.69. The Balaban J connectivity index is 1.88. The van der Waals surface area contributed by atoms with E-state index in [1.807, 2.05) is 4.90 Å². The molecule has 122 valence electrons. The van der Waals surface area contributed by atoms with Crippen molar-refractivity contribution in [1.82, 2.24) is 9.80 Å². The molecule has 1 amide bonds. The van der Waals surface area contributed by atoms with E-state index >= 15 is 0 Å². The van der Waals surface area contributed by atoms with Crippen molar-refractivity contribution in [2.45, 2.75) is 26.4 Å². The summed E-state index contributed by atoms with van der Waals surface area (Å²) >= 11 is 0. The average Bonchev–Trinajstić information content (AvgIpc) is 2.55. The highest BCUT2D eigenvalue weighted by molar-refractivity contribution is 5.78. The van der Waals surface area contributed by atoms with E-state index in [4.69, 9.17) is 4.74 Å². The van der Waals surface area contributed by atoms with E-state index in [0.29, 0.717) is 32.7 Å². The van der Waals surface area contributed by atoms with Gasteiger partial charge in [0.25, 0.3) is 0 Å². The molecule has 22 heavy (non-hydrogen) atoms. The third-order valence-electron chi connectivity index (χ3n) is 4.12. The molecule has 0 aromatic heterocycles. The van der Waals surface area contributed by atoms with Gasteiger partial charge in [-0.3, -0.25) is 9.69 Å². The van der Waals surface area contributed by atoms with Gasteiger partial charge < -0.3 is 9.64 Å². The Bertz CT molecular complexity index is 474. The highest BCUT2D eigenvalue weighted by Crippen LogP contribution is 2.13. The van der Waals surface area contributed by atoms with Gasteiger partial charge in [0, 0.05) is 19.5 Å². The highest BCUT2D eigenvalue weighted by atomic mass is 19.1. The summed E-state index contributed by atoms with van der Waals surface area (Å²) in [6, 6.07) is 6.47. The first kappa shape index (κ1) is 16.9. The Morgan fingerprint density at radius 1 is 1.32 bits per heavy atom. The van der Waals surface area contributed by atoms with Crippen molar-refractivity contribution in [2.75, 3.05) is 39.3 Å². The average molecular weight is 308 g/mol. The van der Waals surface area contributed by atoms with Gasteiger partial charge in [0.15, 0.2) is 0 Å². The number of amides is 1. The molecule has 1 atom stereocenters. The standard InChI is InChI=1S/C17H25FN2O2/c1-3-19(4-2)13-17(21)20-9-10-22-16(12-20)11-14-5-7-15(18)8-6-14/h5-8,16H,3-4,9-13H2,1-2H3/t16-/m0/s1. The number of likely N-dealkylation sites (N-methyl/N-ethyl adjacent to an activating group) is 1. The van der Waals surface area contributed by atoms with Crippen LogP contribution in [-0.2, 0) is 16.0 Å². The number of ether oxygens (including phenoxy) is 1. The molecule has 1 aliphatic rings. The van der Waals surface area contributed by atoms with Crippen molar-refractivity contribution in [3.05, 3.63) is 35.6 Å². The van der Waals surface area contributed by atoms with Gasteiger partial charge in [-0.1, -0.05) is 26.0 Å². The zero-order chi connectivity index (χ0) is 15.9. The third-order valence-corrected chi connectivity index (χ3v) is 4.12. The first-order valence-corrected chi connectivity index (χ1v) is 7.98. The van der Waals surface area contributed by atoms with E-state index in [9.17, 15) is 9.18 Å². The highest BCUT2D eigenvalue weighted by Gasteiger charge is 2.25. The van der Waals surface area contributed by atoms with Gasteiger partial charge in [0.2, 0.25) is 5.91 Å². The minimum atomic E-state index is -0.232. The van der Waals surface area contributed by atoms with Crippen LogP contribution in [0.2, 0.25) is 0 Å². The SMILES string of the molecule is CCN(CC)CC(=O)N1CCO[C@@H](Cc2ccc(F)cc2)C1. The van der Waals surface area contributed by atoms with Gasteiger partial charge >= 0.3 is 0 Å². The molecular weight excluding hydrogens is 283 g/mol. The molecule has 1 aromatic carbocycles. The normalized spacial score (nSPS) is 18.7. The Kier molecular flexibility index (Phi) is 6.34. The summed E-state index contributed by atoms with van der Waals surface area (Å²) in [6.45, 7) is 8.18. The molecule has 0 radical (unpaired) electrons. The molecule has 1 aromatic rings. The van der Waals surface area contributed by atoms with Crippen LogP contribution in [0.5, 0.6) is 0 Å². The minimum Gasteiger partial charge on any atom is -0.374 e. The Morgan fingerprint density at radius 2 is 2.00 bits per heavy atom. The molecule has 0 saturated carbocycles. The van der Waals surface area contributed by atoms with E-state index in [-0.39, 0.29) is 17.8 Å². The molecule has 1 aliphatic heterocycles. The summed E-state index contributed by atoms with van der Waals surface area (Å²) in [5, 5.41) is 0. The number of rotatable bonds is 6. The summed E-state index contributed by atoms with van der Waals surface area (Å²) < 4.78 is 18.7. The molecule has 2 rings (SSSR count). The number of carbonyl (C=O) groups excluding carboxylic acids is 1. The fourth-order valence-corrected chi connectivity index (χ4v) is 2.69. The van der Waals surface area contributed by atoms with Gasteiger partial charge in [-0.05, 0) is 30.8 Å². The first-order valence-electron chi connectivity index (χ1n) is 7.98. The van der Waals surface area contributed by atoms with Crippen LogP contribution in [-0.4, -0.2) is 61.1 Å². The van der Waals surface area contributed by atoms with E-state index in [0.717, 1.165) is 18.7 Å². The van der Waals surface area contributed by atoms with Gasteiger partial charge in [-0.25, -0.2) is 4.39 Å². The predicted octanol–water partition coefficient (Wildman–Crippen LogP) is 1.94. The van der Waals surface area contributed by atoms with Crippen molar-refractivity contribution < 1.29 is 13.9 Å². The second kappa shape index (κ2) is 8.25. The number of morpholine rings is 1. The zero-order valence-corrected chi connectivity index (χ0v) is 13.4. The van der Waals surface area contributed by atoms with Crippen LogP contribution >= 0.6 is 0 Å².